The molecule has 0 heterocycles. The highest BCUT2D eigenvalue weighted by atomic mass is 16.1. The van der Waals surface area contributed by atoms with Gasteiger partial charge in [-0.1, -0.05) is 108 Å². The van der Waals surface area contributed by atoms with Crippen LogP contribution in [0.15, 0.2) is 72.9 Å². The molecule has 0 spiro atoms. The number of likely N-dealkylation sites (N-methyl/N-ethyl adjacent to an activating group) is 1. The summed E-state index contributed by atoms with van der Waals surface area (Å²) in [5.41, 5.74) is 4.16. The third kappa shape index (κ3) is 14.3. The molecule has 1 aromatic carbocycles. The van der Waals surface area contributed by atoms with Crippen LogP contribution in [0.1, 0.15) is 77.3 Å². The number of allylic oxidation sites excluding steroid dienone is 6. The molecule has 0 saturated carbocycles. The van der Waals surface area contributed by atoms with Crippen molar-refractivity contribution in [3.8, 4) is 0 Å². The molecule has 172 valence electrons. The van der Waals surface area contributed by atoms with Crippen LogP contribution in [0.5, 0.6) is 0 Å². The van der Waals surface area contributed by atoms with E-state index >= 15 is 0 Å². The molecule has 0 fully saturated rings. The summed E-state index contributed by atoms with van der Waals surface area (Å²) in [6.07, 6.45) is 20.8. The number of carbonyl (C=O) groups is 1. The van der Waals surface area contributed by atoms with E-state index in [1.165, 1.54) is 48.8 Å². The van der Waals surface area contributed by atoms with E-state index in [4.69, 9.17) is 0 Å². The highest BCUT2D eigenvalue weighted by Crippen LogP contribution is 2.22. The number of rotatable bonds is 14. The fraction of sp³-hybridized carbons (Fsp3) is 0.483. The van der Waals surface area contributed by atoms with Crippen molar-refractivity contribution in [2.75, 3.05) is 7.05 Å². The van der Waals surface area contributed by atoms with Crippen LogP contribution in [0.25, 0.3) is 0 Å². The Morgan fingerprint density at radius 1 is 1.06 bits per heavy atom. The minimum atomic E-state index is -0.0653. The molecule has 1 rings (SSSR count). The summed E-state index contributed by atoms with van der Waals surface area (Å²) in [7, 11) is 1.63. The van der Waals surface area contributed by atoms with E-state index in [0.29, 0.717) is 5.92 Å². The zero-order valence-corrected chi connectivity index (χ0v) is 20.6. The summed E-state index contributed by atoms with van der Waals surface area (Å²) in [6, 6.07) is 9.08. The van der Waals surface area contributed by atoms with Crippen LogP contribution in [0.3, 0.4) is 0 Å². The maximum Gasteiger partial charge on any atom is 0.243 e. The first-order valence-corrected chi connectivity index (χ1v) is 12.1. The quantitative estimate of drug-likeness (QED) is 0.185. The lowest BCUT2D eigenvalue weighted by Gasteiger charge is -2.15. The number of amides is 1. The Labute approximate surface area is 192 Å². The summed E-state index contributed by atoms with van der Waals surface area (Å²) in [6.45, 7) is 12.5. The van der Waals surface area contributed by atoms with Crippen LogP contribution in [0.4, 0.5) is 0 Å². The van der Waals surface area contributed by atoms with E-state index in [1.807, 2.05) is 26.0 Å². The Bertz CT molecular complexity index is 679. The normalized spacial score (nSPS) is 12.5. The maximum absolute atomic E-state index is 11.1. The topological polar surface area (TPSA) is 29.1 Å². The summed E-state index contributed by atoms with van der Waals surface area (Å²) < 4.78 is 0. The largest absolute Gasteiger partial charge is 0.356 e. The minimum absolute atomic E-state index is 0.0653. The number of hydrogen-bond acceptors (Lipinski definition) is 1. The van der Waals surface area contributed by atoms with Gasteiger partial charge in [0.25, 0.3) is 0 Å². The molecule has 1 amide bonds. The number of carbonyl (C=O) groups excluding carboxylic acids is 1. The van der Waals surface area contributed by atoms with Gasteiger partial charge in [-0.25, -0.2) is 0 Å². The monoisotopic (exact) mass is 423 g/mol. The van der Waals surface area contributed by atoms with Gasteiger partial charge in [0.2, 0.25) is 5.91 Å². The molecule has 0 radical (unpaired) electrons. The molecule has 1 N–H and O–H groups in total. The minimum Gasteiger partial charge on any atom is -0.356 e. The average molecular weight is 424 g/mol. The molecule has 0 bridgehead atoms. The second-order valence-corrected chi connectivity index (χ2v) is 7.52. The van der Waals surface area contributed by atoms with Crippen molar-refractivity contribution < 1.29 is 4.79 Å². The molecule has 0 saturated heterocycles. The average Bonchev–Trinajstić information content (AvgIpc) is 2.83. The van der Waals surface area contributed by atoms with Crippen LogP contribution >= 0.6 is 0 Å². The Balaban J connectivity index is 0.00000436. The van der Waals surface area contributed by atoms with Gasteiger partial charge in [0, 0.05) is 7.05 Å². The van der Waals surface area contributed by atoms with E-state index in [1.54, 1.807) is 13.1 Å². The molecule has 1 aromatic rings. The Hall–Kier alpha value is -2.35. The summed E-state index contributed by atoms with van der Waals surface area (Å²) >= 11 is 0. The molecule has 31 heavy (non-hydrogen) atoms. The van der Waals surface area contributed by atoms with E-state index < -0.39 is 0 Å². The van der Waals surface area contributed by atoms with Crippen molar-refractivity contribution >= 4 is 5.91 Å². The lowest BCUT2D eigenvalue weighted by Crippen LogP contribution is -2.13. The highest BCUT2D eigenvalue weighted by molar-refractivity contribution is 5.87. The van der Waals surface area contributed by atoms with Gasteiger partial charge < -0.3 is 5.32 Å². The van der Waals surface area contributed by atoms with Gasteiger partial charge in [-0.2, -0.15) is 0 Å². The Morgan fingerprint density at radius 3 is 2.32 bits per heavy atom. The van der Waals surface area contributed by atoms with Crippen molar-refractivity contribution in [1.82, 2.24) is 5.32 Å². The van der Waals surface area contributed by atoms with Crippen molar-refractivity contribution in [2.45, 2.75) is 79.1 Å². The molecule has 1 atom stereocenters. The second-order valence-electron chi connectivity index (χ2n) is 7.52. The second kappa shape index (κ2) is 19.6. The molecule has 0 aliphatic rings. The number of unbranched alkanes of at least 4 members (excludes halogenated alkanes) is 1. The third-order valence-electron chi connectivity index (χ3n) is 5.36. The van der Waals surface area contributed by atoms with Crippen molar-refractivity contribution in [2.24, 2.45) is 5.92 Å². The van der Waals surface area contributed by atoms with E-state index in [9.17, 15) is 4.79 Å². The zero-order chi connectivity index (χ0) is 23.3. The first kappa shape index (κ1) is 28.6. The zero-order valence-electron chi connectivity index (χ0n) is 20.6. The van der Waals surface area contributed by atoms with Crippen LogP contribution in [-0.2, 0) is 17.6 Å². The highest BCUT2D eigenvalue weighted by Gasteiger charge is 2.07. The van der Waals surface area contributed by atoms with E-state index in [-0.39, 0.29) is 5.91 Å². The van der Waals surface area contributed by atoms with E-state index in [2.05, 4.69) is 68.2 Å². The van der Waals surface area contributed by atoms with Crippen molar-refractivity contribution in [1.29, 1.82) is 0 Å². The van der Waals surface area contributed by atoms with Crippen LogP contribution in [-0.4, -0.2) is 13.0 Å². The van der Waals surface area contributed by atoms with Crippen LogP contribution in [0, 0.1) is 5.92 Å². The lowest BCUT2D eigenvalue weighted by atomic mass is 9.91. The van der Waals surface area contributed by atoms with Crippen LogP contribution in [0.2, 0.25) is 0 Å². The number of hydrogen-bond donors (Lipinski definition) is 1. The van der Waals surface area contributed by atoms with Gasteiger partial charge >= 0.3 is 0 Å². The van der Waals surface area contributed by atoms with E-state index in [0.717, 1.165) is 19.3 Å². The number of nitrogens with one attached hydrogen (secondary N) is 1. The maximum atomic E-state index is 11.1. The Kier molecular flexibility index (Phi) is 18.1. The van der Waals surface area contributed by atoms with Gasteiger partial charge in [-0.05, 0) is 60.8 Å². The van der Waals surface area contributed by atoms with Gasteiger partial charge in [0.05, 0.1) is 0 Å². The first-order chi connectivity index (χ1) is 15.1. The molecule has 1 unspecified atom stereocenters. The summed E-state index contributed by atoms with van der Waals surface area (Å²) in [4.78, 5) is 11.1. The van der Waals surface area contributed by atoms with Crippen molar-refractivity contribution in [3.63, 3.8) is 0 Å². The summed E-state index contributed by atoms with van der Waals surface area (Å²) in [5, 5.41) is 2.57. The SMILES string of the molecule is C=C/C(=C\C=C\C/C=C\C(=O)NC)CC(CC)CCCCc1ccc(CC)cc1.CC. The van der Waals surface area contributed by atoms with Gasteiger partial charge in [-0.3, -0.25) is 4.79 Å². The van der Waals surface area contributed by atoms with Gasteiger partial charge in [-0.15, -0.1) is 0 Å². The standard InChI is InChI=1S/C27H39NO.C2H6/c1-5-23-18-20-26(21-19-23)16-13-12-15-25(7-3)22-24(6-2)14-10-8-9-11-17-27(29)28-4;1-2/h6,8,10-11,14,17-21,25H,2,5,7,9,12-13,15-16,22H2,1,3-4H3,(H,28,29);1-2H3/b10-8+,17-11-,24-14+;. The molecule has 2 nitrogen and oxygen atoms in total. The molecule has 0 aliphatic carbocycles. The summed E-state index contributed by atoms with van der Waals surface area (Å²) in [5.74, 6) is 0.646. The molecule has 0 aromatic heterocycles. The molecule has 2 heteroatoms. The number of benzene rings is 1. The Morgan fingerprint density at radius 2 is 1.74 bits per heavy atom. The lowest BCUT2D eigenvalue weighted by molar-refractivity contribution is -0.116. The predicted octanol–water partition coefficient (Wildman–Crippen LogP) is 7.77. The molecular weight excluding hydrogens is 378 g/mol. The third-order valence-corrected chi connectivity index (χ3v) is 5.36. The van der Waals surface area contributed by atoms with Crippen molar-refractivity contribution in [3.05, 3.63) is 84.0 Å². The van der Waals surface area contributed by atoms with Gasteiger partial charge in [0.15, 0.2) is 0 Å². The molecule has 0 aliphatic heterocycles. The molecular formula is C29H45NO. The fourth-order valence-electron chi connectivity index (χ4n) is 3.31. The number of aryl methyl sites for hydroxylation is 2. The van der Waals surface area contributed by atoms with Gasteiger partial charge in [0.1, 0.15) is 0 Å². The predicted molar refractivity (Wildman–Crippen MR) is 138 cm³/mol. The smallest absolute Gasteiger partial charge is 0.243 e. The first-order valence-electron chi connectivity index (χ1n) is 12.1. The van der Waals surface area contributed by atoms with Crippen LogP contribution < -0.4 is 5.32 Å². The fourth-order valence-corrected chi connectivity index (χ4v) is 3.31.